The molecule has 2 aromatic rings. The molecule has 0 unspecified atom stereocenters. The van der Waals surface area contributed by atoms with Gasteiger partial charge >= 0.3 is 5.97 Å². The molecule has 0 bridgehead atoms. The van der Waals surface area contributed by atoms with Gasteiger partial charge in [-0.15, -0.1) is 10.2 Å². The summed E-state index contributed by atoms with van der Waals surface area (Å²) in [6, 6.07) is 5.76. The van der Waals surface area contributed by atoms with Gasteiger partial charge in [0.15, 0.2) is 4.34 Å². The fourth-order valence-corrected chi connectivity index (χ4v) is 3.09. The van der Waals surface area contributed by atoms with Crippen molar-refractivity contribution >= 4 is 46.2 Å². The summed E-state index contributed by atoms with van der Waals surface area (Å²) in [5.41, 5.74) is 0.703. The smallest absolute Gasteiger partial charge is 0.316 e. The Hall–Kier alpha value is -2.26. The van der Waals surface area contributed by atoms with E-state index >= 15 is 0 Å². The van der Waals surface area contributed by atoms with E-state index < -0.39 is 0 Å². The second-order valence-electron chi connectivity index (χ2n) is 4.34. The van der Waals surface area contributed by atoms with Gasteiger partial charge in [0.1, 0.15) is 5.82 Å². The number of hydrogen-bond donors (Lipinski definition) is 1. The number of benzene rings is 1. The first-order chi connectivity index (χ1) is 11.6. The van der Waals surface area contributed by atoms with Crippen molar-refractivity contribution in [2.75, 3.05) is 17.7 Å². The van der Waals surface area contributed by atoms with Gasteiger partial charge in [-0.25, -0.2) is 4.39 Å². The van der Waals surface area contributed by atoms with Gasteiger partial charge in [0.2, 0.25) is 11.0 Å². The summed E-state index contributed by atoms with van der Waals surface area (Å²) in [5, 5.41) is 10.6. The molecule has 9 heteroatoms. The number of hydrogen-bond acceptors (Lipinski definition) is 7. The molecule has 0 spiro atoms. The Morgan fingerprint density at radius 3 is 2.79 bits per heavy atom. The van der Waals surface area contributed by atoms with Crippen LogP contribution in [-0.2, 0) is 14.3 Å². The summed E-state index contributed by atoms with van der Waals surface area (Å²) in [6.45, 7) is 2.07. The zero-order valence-electron chi connectivity index (χ0n) is 12.7. The van der Waals surface area contributed by atoms with Crippen LogP contribution in [0.2, 0.25) is 0 Å². The summed E-state index contributed by atoms with van der Waals surface area (Å²) >= 11 is 2.36. The maximum absolute atomic E-state index is 12.8. The van der Waals surface area contributed by atoms with Crippen LogP contribution in [0, 0.1) is 5.82 Å². The quantitative estimate of drug-likeness (QED) is 0.351. The number of amides is 1. The van der Waals surface area contributed by atoms with Crippen molar-refractivity contribution in [1.29, 1.82) is 0 Å². The molecule has 0 radical (unpaired) electrons. The third-order valence-electron chi connectivity index (χ3n) is 2.55. The molecular formula is C15H14FN3O3S2. The number of aromatic nitrogens is 2. The Balaban J connectivity index is 1.83. The van der Waals surface area contributed by atoms with E-state index in [4.69, 9.17) is 4.74 Å². The molecule has 6 nitrogen and oxygen atoms in total. The number of carbonyl (C=O) groups excluding carboxylic acids is 2. The highest BCUT2D eigenvalue weighted by Gasteiger charge is 2.09. The first-order valence-electron chi connectivity index (χ1n) is 6.93. The van der Waals surface area contributed by atoms with Crippen molar-refractivity contribution in [3.8, 4) is 0 Å². The molecule has 2 rings (SSSR count). The van der Waals surface area contributed by atoms with E-state index in [2.05, 4.69) is 15.5 Å². The molecule has 0 aliphatic heterocycles. The van der Waals surface area contributed by atoms with Gasteiger partial charge < -0.3 is 4.74 Å². The Morgan fingerprint density at radius 2 is 2.08 bits per heavy atom. The van der Waals surface area contributed by atoms with Gasteiger partial charge in [0.25, 0.3) is 0 Å². The van der Waals surface area contributed by atoms with Crippen LogP contribution in [0.4, 0.5) is 9.52 Å². The van der Waals surface area contributed by atoms with E-state index in [-0.39, 0.29) is 23.4 Å². The predicted molar refractivity (Wildman–Crippen MR) is 91.3 cm³/mol. The van der Waals surface area contributed by atoms with Crippen LogP contribution in [0.25, 0.3) is 6.08 Å². The highest BCUT2D eigenvalue weighted by atomic mass is 32.2. The van der Waals surface area contributed by atoms with Crippen molar-refractivity contribution in [3.63, 3.8) is 0 Å². The van der Waals surface area contributed by atoms with E-state index in [1.165, 1.54) is 30.0 Å². The second-order valence-corrected chi connectivity index (χ2v) is 6.54. The molecule has 0 atom stereocenters. The normalized spacial score (nSPS) is 10.8. The van der Waals surface area contributed by atoms with E-state index in [1.54, 1.807) is 25.1 Å². The number of thioether (sulfide) groups is 1. The van der Waals surface area contributed by atoms with Crippen molar-refractivity contribution in [2.45, 2.75) is 11.3 Å². The first kappa shape index (κ1) is 18.1. The van der Waals surface area contributed by atoms with Gasteiger partial charge in [-0.05, 0) is 30.7 Å². The fraction of sp³-hybridized carbons (Fsp3) is 0.200. The molecule has 0 aliphatic carbocycles. The molecule has 0 aliphatic rings. The van der Waals surface area contributed by atoms with Crippen LogP contribution in [0.3, 0.4) is 0 Å². The van der Waals surface area contributed by atoms with Gasteiger partial charge in [-0.2, -0.15) is 0 Å². The number of ether oxygens (including phenoxy) is 1. The highest BCUT2D eigenvalue weighted by molar-refractivity contribution is 8.01. The maximum atomic E-state index is 12.8. The van der Waals surface area contributed by atoms with E-state index in [0.717, 1.165) is 11.3 Å². The fourth-order valence-electron chi connectivity index (χ4n) is 1.53. The lowest BCUT2D eigenvalue weighted by atomic mass is 10.2. The largest absolute Gasteiger partial charge is 0.465 e. The molecule has 1 heterocycles. The molecule has 126 valence electrons. The summed E-state index contributed by atoms with van der Waals surface area (Å²) < 4.78 is 18.1. The predicted octanol–water partition coefficient (Wildman–Crippen LogP) is 2.98. The molecule has 24 heavy (non-hydrogen) atoms. The van der Waals surface area contributed by atoms with Crippen molar-refractivity contribution in [2.24, 2.45) is 0 Å². The monoisotopic (exact) mass is 367 g/mol. The Bertz CT molecular complexity index is 732. The van der Waals surface area contributed by atoms with Gasteiger partial charge in [0, 0.05) is 6.08 Å². The number of carbonyl (C=O) groups is 2. The SMILES string of the molecule is CCOC(=O)CSc1nnc(NC(=O)C=Cc2ccc(F)cc2)s1. The van der Waals surface area contributed by atoms with Gasteiger partial charge in [-0.3, -0.25) is 14.9 Å². The third kappa shape index (κ3) is 6.09. The Labute approximate surface area is 146 Å². The van der Waals surface area contributed by atoms with Crippen LogP contribution in [-0.4, -0.2) is 34.4 Å². The summed E-state index contributed by atoms with van der Waals surface area (Å²) in [6.07, 6.45) is 2.88. The number of halogens is 1. The highest BCUT2D eigenvalue weighted by Crippen LogP contribution is 2.25. The Kier molecular flexibility index (Phi) is 6.89. The lowest BCUT2D eigenvalue weighted by Gasteiger charge is -1.98. The lowest BCUT2D eigenvalue weighted by molar-refractivity contribution is -0.139. The van der Waals surface area contributed by atoms with Crippen molar-refractivity contribution < 1.29 is 18.7 Å². The number of anilines is 1. The van der Waals surface area contributed by atoms with Crippen LogP contribution in [0.5, 0.6) is 0 Å². The summed E-state index contributed by atoms with van der Waals surface area (Å²) in [7, 11) is 0. The van der Waals surface area contributed by atoms with Crippen LogP contribution < -0.4 is 5.32 Å². The minimum absolute atomic E-state index is 0.140. The number of esters is 1. The topological polar surface area (TPSA) is 81.2 Å². The summed E-state index contributed by atoms with van der Waals surface area (Å²) in [5.74, 6) is -0.901. The maximum Gasteiger partial charge on any atom is 0.316 e. The molecule has 1 amide bonds. The van der Waals surface area contributed by atoms with E-state index in [0.29, 0.717) is 21.6 Å². The van der Waals surface area contributed by atoms with E-state index in [9.17, 15) is 14.0 Å². The number of nitrogens with zero attached hydrogens (tertiary/aromatic N) is 2. The average Bonchev–Trinajstić information content (AvgIpc) is 3.00. The van der Waals surface area contributed by atoms with Crippen LogP contribution in [0.15, 0.2) is 34.7 Å². The standard InChI is InChI=1S/C15H14FN3O3S2/c1-2-22-13(21)9-23-15-19-18-14(24-15)17-12(20)8-5-10-3-6-11(16)7-4-10/h3-8H,2,9H2,1H3,(H,17,18,20). The molecule has 1 N–H and O–H groups in total. The van der Waals surface area contributed by atoms with Crippen molar-refractivity contribution in [1.82, 2.24) is 10.2 Å². The van der Waals surface area contributed by atoms with Crippen molar-refractivity contribution in [3.05, 3.63) is 41.7 Å². The molecule has 0 saturated heterocycles. The molecule has 1 aromatic heterocycles. The zero-order chi connectivity index (χ0) is 17.4. The summed E-state index contributed by atoms with van der Waals surface area (Å²) in [4.78, 5) is 23.1. The molecule has 1 aromatic carbocycles. The molecule has 0 fully saturated rings. The first-order valence-corrected chi connectivity index (χ1v) is 8.73. The second kappa shape index (κ2) is 9.14. The minimum atomic E-state index is -0.377. The minimum Gasteiger partial charge on any atom is -0.465 e. The average molecular weight is 367 g/mol. The zero-order valence-corrected chi connectivity index (χ0v) is 14.3. The van der Waals surface area contributed by atoms with Gasteiger partial charge in [0.05, 0.1) is 12.4 Å². The number of rotatable bonds is 7. The third-order valence-corrected chi connectivity index (χ3v) is 4.50. The number of nitrogens with one attached hydrogen (secondary N) is 1. The lowest BCUT2D eigenvalue weighted by Crippen LogP contribution is -2.07. The molecular weight excluding hydrogens is 353 g/mol. The van der Waals surface area contributed by atoms with E-state index in [1.807, 2.05) is 0 Å². The Morgan fingerprint density at radius 1 is 1.33 bits per heavy atom. The molecule has 0 saturated carbocycles. The van der Waals surface area contributed by atoms with Crippen LogP contribution >= 0.6 is 23.1 Å². The van der Waals surface area contributed by atoms with Gasteiger partial charge in [-0.1, -0.05) is 35.2 Å². The van der Waals surface area contributed by atoms with Crippen LogP contribution in [0.1, 0.15) is 12.5 Å².